The maximum atomic E-state index is 12.7. The molecule has 2 bridgehead atoms. The third-order valence-corrected chi connectivity index (χ3v) is 5.44. The SMILES string of the molecule is CCC(C)[C@H]([NH3+])C(=O)N1C[C@H]2C[C@@H](C1)c1cccc(=O)n1C2.[Cl-]. The number of nitrogens with zero attached hydrogens (tertiary/aromatic N) is 2. The van der Waals surface area contributed by atoms with E-state index in [1.165, 1.54) is 0 Å². The molecule has 0 saturated carbocycles. The van der Waals surface area contributed by atoms with Crippen molar-refractivity contribution in [3.8, 4) is 0 Å². The largest absolute Gasteiger partial charge is 1.00 e. The Balaban J connectivity index is 0.00000192. The van der Waals surface area contributed by atoms with Gasteiger partial charge in [0.2, 0.25) is 0 Å². The molecule has 1 saturated heterocycles. The molecule has 2 aliphatic heterocycles. The summed E-state index contributed by atoms with van der Waals surface area (Å²) in [5, 5.41) is 0. The lowest BCUT2D eigenvalue weighted by molar-refractivity contribution is -0.417. The van der Waals surface area contributed by atoms with E-state index in [0.717, 1.165) is 38.2 Å². The van der Waals surface area contributed by atoms with E-state index in [-0.39, 0.29) is 35.8 Å². The summed E-state index contributed by atoms with van der Waals surface area (Å²) in [4.78, 5) is 26.7. The maximum Gasteiger partial charge on any atom is 0.281 e. The molecule has 3 rings (SSSR count). The molecular formula is C17H26ClN3O2. The molecule has 5 nitrogen and oxygen atoms in total. The van der Waals surface area contributed by atoms with Crippen LogP contribution in [-0.4, -0.2) is 34.5 Å². The van der Waals surface area contributed by atoms with Crippen LogP contribution in [0.4, 0.5) is 0 Å². The van der Waals surface area contributed by atoms with Gasteiger partial charge in [0.1, 0.15) is 0 Å². The normalized spacial score (nSPS) is 25.1. The monoisotopic (exact) mass is 339 g/mol. The highest BCUT2D eigenvalue weighted by Crippen LogP contribution is 2.35. The summed E-state index contributed by atoms with van der Waals surface area (Å²) >= 11 is 0. The molecule has 3 N–H and O–H groups in total. The van der Waals surface area contributed by atoms with Crippen LogP contribution in [0.25, 0.3) is 0 Å². The van der Waals surface area contributed by atoms with Gasteiger partial charge in [0.25, 0.3) is 11.5 Å². The number of halogens is 1. The van der Waals surface area contributed by atoms with Gasteiger partial charge in [-0.1, -0.05) is 19.9 Å². The summed E-state index contributed by atoms with van der Waals surface area (Å²) in [5.74, 6) is 1.16. The van der Waals surface area contributed by atoms with Crippen LogP contribution >= 0.6 is 0 Å². The highest BCUT2D eigenvalue weighted by atomic mass is 35.5. The van der Waals surface area contributed by atoms with Crippen molar-refractivity contribution in [3.05, 3.63) is 34.2 Å². The molecular weight excluding hydrogens is 314 g/mol. The number of aromatic nitrogens is 1. The summed E-state index contributed by atoms with van der Waals surface area (Å²) in [6.45, 7) is 6.42. The standard InChI is InChI=1S/C17H25N3O2.ClH/c1-3-11(2)16(18)17(22)19-8-12-7-13(10-19)14-5-4-6-15(21)20(14)9-12;/h4-6,11-13,16H,3,7-10,18H2,1-2H3;1H/t11?,12-,13+,16+;/m1./s1. The topological polar surface area (TPSA) is 70.0 Å². The fourth-order valence-corrected chi connectivity index (χ4v) is 3.84. The molecule has 1 unspecified atom stereocenters. The molecule has 128 valence electrons. The highest BCUT2D eigenvalue weighted by Gasteiger charge is 2.38. The number of carbonyl (C=O) groups is 1. The van der Waals surface area contributed by atoms with Crippen LogP contribution in [0.1, 0.15) is 38.3 Å². The number of hydrogen-bond donors (Lipinski definition) is 1. The zero-order chi connectivity index (χ0) is 15.9. The Morgan fingerprint density at radius 1 is 1.35 bits per heavy atom. The van der Waals surface area contributed by atoms with E-state index in [0.29, 0.717) is 11.8 Å². The first-order chi connectivity index (χ1) is 10.5. The molecule has 23 heavy (non-hydrogen) atoms. The minimum Gasteiger partial charge on any atom is -1.00 e. The van der Waals surface area contributed by atoms with E-state index in [1.807, 2.05) is 21.6 Å². The van der Waals surface area contributed by atoms with Gasteiger partial charge in [-0.15, -0.1) is 0 Å². The Morgan fingerprint density at radius 2 is 2.09 bits per heavy atom. The molecule has 1 aromatic heterocycles. The molecule has 2 aliphatic rings. The molecule has 0 radical (unpaired) electrons. The van der Waals surface area contributed by atoms with Crippen molar-refractivity contribution in [2.75, 3.05) is 13.1 Å². The van der Waals surface area contributed by atoms with Gasteiger partial charge in [0.05, 0.1) is 0 Å². The Bertz CT molecular complexity index is 631. The Labute approximate surface area is 143 Å². The van der Waals surface area contributed by atoms with Crippen LogP contribution < -0.4 is 23.7 Å². The molecule has 1 aromatic rings. The Kier molecular flexibility index (Phi) is 5.53. The predicted molar refractivity (Wildman–Crippen MR) is 84.3 cm³/mol. The van der Waals surface area contributed by atoms with Gasteiger partial charge in [0.15, 0.2) is 6.04 Å². The lowest BCUT2D eigenvalue weighted by Gasteiger charge is -2.43. The second-order valence-electron chi connectivity index (χ2n) is 6.93. The number of amides is 1. The number of quaternary nitrogens is 1. The first-order valence-corrected chi connectivity index (χ1v) is 8.32. The number of rotatable bonds is 3. The second kappa shape index (κ2) is 7.05. The molecule has 0 aromatic carbocycles. The smallest absolute Gasteiger partial charge is 0.281 e. The highest BCUT2D eigenvalue weighted by molar-refractivity contribution is 5.80. The van der Waals surface area contributed by atoms with Crippen molar-refractivity contribution < 1.29 is 22.9 Å². The third-order valence-electron chi connectivity index (χ3n) is 5.44. The van der Waals surface area contributed by atoms with Crippen LogP contribution in [0, 0.1) is 11.8 Å². The summed E-state index contributed by atoms with van der Waals surface area (Å²) in [7, 11) is 0. The molecule has 0 spiro atoms. The number of piperidine rings is 1. The fourth-order valence-electron chi connectivity index (χ4n) is 3.84. The summed E-state index contributed by atoms with van der Waals surface area (Å²) in [6, 6.07) is 5.33. The van der Waals surface area contributed by atoms with E-state index >= 15 is 0 Å². The quantitative estimate of drug-likeness (QED) is 0.659. The van der Waals surface area contributed by atoms with E-state index < -0.39 is 0 Å². The second-order valence-corrected chi connectivity index (χ2v) is 6.93. The van der Waals surface area contributed by atoms with Gasteiger partial charge in [-0.25, -0.2) is 0 Å². The number of pyridine rings is 1. The van der Waals surface area contributed by atoms with Crippen LogP contribution in [-0.2, 0) is 11.3 Å². The fraction of sp³-hybridized carbons (Fsp3) is 0.647. The lowest BCUT2D eigenvalue weighted by atomic mass is 9.82. The summed E-state index contributed by atoms with van der Waals surface area (Å²) < 4.78 is 1.90. The first kappa shape index (κ1) is 18.0. The van der Waals surface area contributed by atoms with Gasteiger partial charge in [-0.3, -0.25) is 9.59 Å². The van der Waals surface area contributed by atoms with Crippen molar-refractivity contribution in [1.82, 2.24) is 9.47 Å². The summed E-state index contributed by atoms with van der Waals surface area (Å²) in [5.41, 5.74) is 5.26. The average Bonchev–Trinajstić information content (AvgIpc) is 2.53. The van der Waals surface area contributed by atoms with Crippen molar-refractivity contribution in [1.29, 1.82) is 0 Å². The van der Waals surface area contributed by atoms with Gasteiger partial charge >= 0.3 is 0 Å². The lowest BCUT2D eigenvalue weighted by Crippen LogP contribution is -3.00. The van der Waals surface area contributed by atoms with Crippen LogP contribution in [0.3, 0.4) is 0 Å². The van der Waals surface area contributed by atoms with Crippen molar-refractivity contribution in [2.24, 2.45) is 11.8 Å². The van der Waals surface area contributed by atoms with Gasteiger partial charge in [-0.2, -0.15) is 0 Å². The molecule has 3 heterocycles. The molecule has 1 amide bonds. The van der Waals surface area contributed by atoms with Gasteiger partial charge in [-0.05, 0) is 24.8 Å². The summed E-state index contributed by atoms with van der Waals surface area (Å²) in [6.07, 6.45) is 2.05. The minimum absolute atomic E-state index is 0. The average molecular weight is 340 g/mol. The Morgan fingerprint density at radius 3 is 2.78 bits per heavy atom. The number of hydrogen-bond acceptors (Lipinski definition) is 2. The van der Waals surface area contributed by atoms with Crippen LogP contribution in [0.2, 0.25) is 0 Å². The zero-order valence-corrected chi connectivity index (χ0v) is 14.6. The van der Waals surface area contributed by atoms with Crippen molar-refractivity contribution >= 4 is 5.91 Å². The molecule has 6 heteroatoms. The Hall–Kier alpha value is -1.33. The van der Waals surface area contributed by atoms with E-state index in [1.54, 1.807) is 6.07 Å². The molecule has 1 fully saturated rings. The van der Waals surface area contributed by atoms with E-state index in [4.69, 9.17) is 0 Å². The van der Waals surface area contributed by atoms with E-state index in [2.05, 4.69) is 19.6 Å². The third kappa shape index (κ3) is 3.31. The molecule has 0 aliphatic carbocycles. The molecule has 4 atom stereocenters. The number of carbonyl (C=O) groups excluding carboxylic acids is 1. The van der Waals surface area contributed by atoms with E-state index in [9.17, 15) is 9.59 Å². The maximum absolute atomic E-state index is 12.7. The van der Waals surface area contributed by atoms with Crippen molar-refractivity contribution in [3.63, 3.8) is 0 Å². The van der Waals surface area contributed by atoms with Crippen molar-refractivity contribution in [2.45, 2.75) is 45.2 Å². The van der Waals surface area contributed by atoms with Crippen LogP contribution in [0.5, 0.6) is 0 Å². The van der Waals surface area contributed by atoms with Gasteiger partial charge < -0.3 is 27.6 Å². The minimum atomic E-state index is -0.165. The predicted octanol–water partition coefficient (Wildman–Crippen LogP) is -2.55. The van der Waals surface area contributed by atoms with Crippen LogP contribution in [0.15, 0.2) is 23.0 Å². The zero-order valence-electron chi connectivity index (χ0n) is 13.9. The number of fused-ring (bicyclic) bond motifs is 4. The first-order valence-electron chi connectivity index (χ1n) is 8.32. The number of likely N-dealkylation sites (tertiary alicyclic amines) is 1. The van der Waals surface area contributed by atoms with Gasteiger partial charge in [0, 0.05) is 43.2 Å².